The summed E-state index contributed by atoms with van der Waals surface area (Å²) in [6, 6.07) is 10.7. The molecule has 31 heavy (non-hydrogen) atoms. The molecule has 168 valence electrons. The molecule has 1 fully saturated rings. The van der Waals surface area contributed by atoms with E-state index >= 15 is 4.39 Å². The summed E-state index contributed by atoms with van der Waals surface area (Å²) in [5.74, 6) is -1.51. The smallest absolute Gasteiger partial charge is 0.323 e. The van der Waals surface area contributed by atoms with E-state index in [9.17, 15) is 4.79 Å². The highest BCUT2D eigenvalue weighted by atomic mass is 35.5. The predicted molar refractivity (Wildman–Crippen MR) is 123 cm³/mol. The number of benzene rings is 2. The minimum Gasteiger partial charge on any atom is -0.468 e. The summed E-state index contributed by atoms with van der Waals surface area (Å²) in [6.07, 6.45) is 0.632. The molecule has 1 aliphatic heterocycles. The number of nitrogens with two attached hydrogens (primary N) is 1. The lowest BCUT2D eigenvalue weighted by molar-refractivity contribution is -0.146. The van der Waals surface area contributed by atoms with E-state index < -0.39 is 29.3 Å². The van der Waals surface area contributed by atoms with Crippen LogP contribution in [0.5, 0.6) is 0 Å². The maximum atomic E-state index is 15.3. The van der Waals surface area contributed by atoms with Crippen molar-refractivity contribution in [3.63, 3.8) is 0 Å². The fourth-order valence-electron chi connectivity index (χ4n) is 4.90. The molecule has 0 amide bonds. The Bertz CT molecular complexity index is 978. The molecule has 0 aromatic heterocycles. The third-order valence-corrected chi connectivity index (χ3v) is 6.64. The Morgan fingerprint density at radius 3 is 2.39 bits per heavy atom. The standard InChI is InChI=1S/C24H29Cl2FN2O2/c1-23(2,3)13-19-24(28,17-10-9-16(26)12-18(17)27)20(14-7-6-8-15(25)11-14)21(29(19)4)22(30)31-5/h6-12,19-21H,13,28H2,1-5H3/t19-,20-,21+,24+/m0/s1. The number of likely N-dealkylation sites (N-methyl/N-ethyl adjacent to an activating group) is 1. The monoisotopic (exact) mass is 466 g/mol. The Balaban J connectivity index is 2.33. The Labute approximate surface area is 193 Å². The SMILES string of the molecule is COC(=O)[C@H]1[C@H](c2cccc(Cl)c2)[C@@](N)(c2ccc(Cl)cc2F)[C@H](CC(C)(C)C)N1C. The number of carbonyl (C=O) groups excluding carboxylic acids is 1. The second-order valence-corrected chi connectivity index (χ2v) is 10.4. The van der Waals surface area contributed by atoms with Crippen LogP contribution >= 0.6 is 23.2 Å². The van der Waals surface area contributed by atoms with E-state index in [-0.39, 0.29) is 16.5 Å². The van der Waals surface area contributed by atoms with Gasteiger partial charge in [-0.15, -0.1) is 0 Å². The fraction of sp³-hybridized carbons (Fsp3) is 0.458. The molecule has 7 heteroatoms. The number of esters is 1. The molecule has 3 rings (SSSR count). The summed E-state index contributed by atoms with van der Waals surface area (Å²) in [5, 5.41) is 0.800. The van der Waals surface area contributed by atoms with Crippen molar-refractivity contribution < 1.29 is 13.9 Å². The van der Waals surface area contributed by atoms with E-state index in [1.54, 1.807) is 24.3 Å². The van der Waals surface area contributed by atoms with Gasteiger partial charge < -0.3 is 10.5 Å². The molecule has 0 aliphatic carbocycles. The maximum Gasteiger partial charge on any atom is 0.323 e. The number of rotatable bonds is 4. The summed E-state index contributed by atoms with van der Waals surface area (Å²) < 4.78 is 20.5. The maximum absolute atomic E-state index is 15.3. The summed E-state index contributed by atoms with van der Waals surface area (Å²) in [4.78, 5) is 14.9. The van der Waals surface area contributed by atoms with Crippen LogP contribution in [0.4, 0.5) is 4.39 Å². The van der Waals surface area contributed by atoms with Crippen LogP contribution in [-0.4, -0.2) is 37.1 Å². The van der Waals surface area contributed by atoms with Crippen LogP contribution in [0.15, 0.2) is 42.5 Å². The summed E-state index contributed by atoms with van der Waals surface area (Å²) in [6.45, 7) is 6.29. The van der Waals surface area contributed by atoms with Gasteiger partial charge >= 0.3 is 5.97 Å². The first-order chi connectivity index (χ1) is 14.4. The first-order valence-corrected chi connectivity index (χ1v) is 11.0. The third kappa shape index (κ3) is 4.47. The van der Waals surface area contributed by atoms with Crippen LogP contribution in [0.3, 0.4) is 0 Å². The quantitative estimate of drug-likeness (QED) is 0.615. The molecule has 0 bridgehead atoms. The molecule has 1 aliphatic rings. The molecule has 2 aromatic carbocycles. The van der Waals surface area contributed by atoms with Gasteiger partial charge in [0.1, 0.15) is 11.9 Å². The molecule has 4 nitrogen and oxygen atoms in total. The third-order valence-electron chi connectivity index (χ3n) is 6.17. The second-order valence-electron chi connectivity index (χ2n) is 9.50. The Morgan fingerprint density at radius 2 is 1.84 bits per heavy atom. The Kier molecular flexibility index (Phi) is 6.73. The predicted octanol–water partition coefficient (Wildman–Crippen LogP) is 5.36. The van der Waals surface area contributed by atoms with E-state index in [2.05, 4.69) is 20.8 Å². The largest absolute Gasteiger partial charge is 0.468 e. The van der Waals surface area contributed by atoms with E-state index in [0.29, 0.717) is 17.0 Å². The molecular weight excluding hydrogens is 438 g/mol. The number of ether oxygens (including phenoxy) is 1. The zero-order chi connectivity index (χ0) is 23.1. The van der Waals surface area contributed by atoms with Gasteiger partial charge in [-0.3, -0.25) is 9.69 Å². The van der Waals surface area contributed by atoms with Gasteiger partial charge in [-0.05, 0) is 48.7 Å². The first kappa shape index (κ1) is 24.0. The van der Waals surface area contributed by atoms with E-state index in [1.807, 2.05) is 24.1 Å². The average molecular weight is 467 g/mol. The van der Waals surface area contributed by atoms with Crippen molar-refractivity contribution in [3.05, 3.63) is 69.5 Å². The molecule has 2 N–H and O–H groups in total. The van der Waals surface area contributed by atoms with Crippen molar-refractivity contribution in [1.29, 1.82) is 0 Å². The minimum atomic E-state index is -1.24. The lowest BCUT2D eigenvalue weighted by Crippen LogP contribution is -2.52. The van der Waals surface area contributed by atoms with Gasteiger partial charge in [-0.25, -0.2) is 4.39 Å². The molecule has 0 spiro atoms. The molecular formula is C24H29Cl2FN2O2. The number of halogens is 3. The highest BCUT2D eigenvalue weighted by Gasteiger charge is 2.61. The highest BCUT2D eigenvalue weighted by Crippen LogP contribution is 2.53. The second kappa shape index (κ2) is 8.70. The topological polar surface area (TPSA) is 55.6 Å². The van der Waals surface area contributed by atoms with Crippen molar-refractivity contribution in [3.8, 4) is 0 Å². The minimum absolute atomic E-state index is 0.129. The summed E-state index contributed by atoms with van der Waals surface area (Å²) >= 11 is 12.3. The van der Waals surface area contributed by atoms with E-state index in [0.717, 1.165) is 5.56 Å². The normalized spacial score (nSPS) is 26.8. The van der Waals surface area contributed by atoms with Gasteiger partial charge in [0, 0.05) is 27.6 Å². The van der Waals surface area contributed by atoms with Crippen molar-refractivity contribution >= 4 is 29.2 Å². The first-order valence-electron chi connectivity index (χ1n) is 10.2. The molecule has 2 aromatic rings. The molecule has 0 saturated carbocycles. The van der Waals surface area contributed by atoms with Crippen LogP contribution in [0, 0.1) is 11.2 Å². The molecule has 0 unspecified atom stereocenters. The van der Waals surface area contributed by atoms with Crippen molar-refractivity contribution in [1.82, 2.24) is 4.90 Å². The van der Waals surface area contributed by atoms with Crippen LogP contribution in [0.2, 0.25) is 10.0 Å². The molecule has 0 radical (unpaired) electrons. The Morgan fingerprint density at radius 1 is 1.19 bits per heavy atom. The number of hydrogen-bond acceptors (Lipinski definition) is 4. The molecule has 4 atom stereocenters. The average Bonchev–Trinajstić information content (AvgIpc) is 2.88. The van der Waals surface area contributed by atoms with E-state index in [1.165, 1.54) is 13.2 Å². The lowest BCUT2D eigenvalue weighted by Gasteiger charge is -2.40. The fourth-order valence-corrected chi connectivity index (χ4v) is 5.25. The lowest BCUT2D eigenvalue weighted by atomic mass is 9.68. The number of carbonyl (C=O) groups is 1. The van der Waals surface area contributed by atoms with Gasteiger partial charge in [-0.1, -0.05) is 62.2 Å². The highest BCUT2D eigenvalue weighted by molar-refractivity contribution is 6.30. The van der Waals surface area contributed by atoms with Gasteiger partial charge in [0.25, 0.3) is 0 Å². The van der Waals surface area contributed by atoms with Crippen molar-refractivity contribution in [2.24, 2.45) is 11.1 Å². The molecule has 1 heterocycles. The van der Waals surface area contributed by atoms with Gasteiger partial charge in [0.15, 0.2) is 0 Å². The van der Waals surface area contributed by atoms with Crippen molar-refractivity contribution in [2.45, 2.75) is 50.7 Å². The molecule has 1 saturated heterocycles. The van der Waals surface area contributed by atoms with Crippen LogP contribution in [0.1, 0.15) is 44.2 Å². The van der Waals surface area contributed by atoms with Gasteiger partial charge in [-0.2, -0.15) is 0 Å². The number of hydrogen-bond donors (Lipinski definition) is 1. The van der Waals surface area contributed by atoms with Crippen LogP contribution < -0.4 is 5.73 Å². The van der Waals surface area contributed by atoms with Gasteiger partial charge in [0.2, 0.25) is 0 Å². The van der Waals surface area contributed by atoms with Crippen LogP contribution in [-0.2, 0) is 15.1 Å². The van der Waals surface area contributed by atoms with Crippen LogP contribution in [0.25, 0.3) is 0 Å². The number of nitrogens with zero attached hydrogens (tertiary/aromatic N) is 1. The van der Waals surface area contributed by atoms with Crippen molar-refractivity contribution in [2.75, 3.05) is 14.2 Å². The van der Waals surface area contributed by atoms with E-state index in [4.69, 9.17) is 33.7 Å². The number of methoxy groups -OCH3 is 1. The zero-order valence-electron chi connectivity index (χ0n) is 18.5. The Hall–Kier alpha value is -1.66. The number of likely N-dealkylation sites (tertiary alicyclic amines) is 1. The van der Waals surface area contributed by atoms with Gasteiger partial charge in [0.05, 0.1) is 12.6 Å². The summed E-state index contributed by atoms with van der Waals surface area (Å²) in [5.41, 5.74) is 6.91. The zero-order valence-corrected chi connectivity index (χ0v) is 20.0. The summed E-state index contributed by atoms with van der Waals surface area (Å²) in [7, 11) is 3.20.